The Bertz CT molecular complexity index is 699. The van der Waals surface area contributed by atoms with Gasteiger partial charge in [0.25, 0.3) is 0 Å². The molecule has 6 unspecified atom stereocenters. The number of carbonyl (C=O) groups excluding carboxylic acids is 4. The highest BCUT2D eigenvalue weighted by Crippen LogP contribution is 2.53. The monoisotopic (exact) mass is 342 g/mol. The fourth-order valence-electron chi connectivity index (χ4n) is 6.00. The Kier molecular flexibility index (Phi) is 3.07. The minimum atomic E-state index is -0.263. The van der Waals surface area contributed by atoms with Crippen LogP contribution in [-0.2, 0) is 19.2 Å². The highest BCUT2D eigenvalue weighted by Gasteiger charge is 2.59. The first-order valence-corrected chi connectivity index (χ1v) is 9.32. The van der Waals surface area contributed by atoms with Gasteiger partial charge in [0.2, 0.25) is 23.6 Å². The Labute approximate surface area is 146 Å². The van der Waals surface area contributed by atoms with E-state index < -0.39 is 0 Å². The molecule has 0 spiro atoms. The van der Waals surface area contributed by atoms with Gasteiger partial charge in [0, 0.05) is 13.6 Å². The van der Waals surface area contributed by atoms with E-state index in [-0.39, 0.29) is 65.1 Å². The van der Waals surface area contributed by atoms with Gasteiger partial charge in [-0.3, -0.25) is 29.0 Å². The largest absolute Gasteiger partial charge is 0.285 e. The SMILES string of the molecule is CN1C(=O)C2CCC(CN3C(=O)C4C5C=C[C@@H](C5)C4C3=O)CC2C1=O. The molecule has 6 heteroatoms. The van der Waals surface area contributed by atoms with Crippen LogP contribution in [0.2, 0.25) is 0 Å². The standard InChI is InChI=1S/C19H22N2O4/c1-20-16(22)12-5-2-9(6-13(12)17(20)23)8-21-18(24)14-10-3-4-11(7-10)15(14)19(21)25/h3-4,9-15H,2,5-8H2,1H3/t9?,10-,11?,12?,13?,14?,15?/m0/s1. The molecule has 4 fully saturated rings. The van der Waals surface area contributed by atoms with Gasteiger partial charge in [-0.05, 0) is 43.4 Å². The van der Waals surface area contributed by atoms with E-state index in [2.05, 4.69) is 12.2 Å². The first kappa shape index (κ1) is 15.3. The number of nitrogens with zero attached hydrogens (tertiary/aromatic N) is 2. The second kappa shape index (κ2) is 5.02. The number of amides is 4. The fraction of sp³-hybridized carbons (Fsp3) is 0.684. The molecule has 0 radical (unpaired) electrons. The van der Waals surface area contributed by atoms with Crippen LogP contribution in [0, 0.1) is 41.4 Å². The Hall–Kier alpha value is -1.98. The van der Waals surface area contributed by atoms with Crippen LogP contribution in [0.3, 0.4) is 0 Å². The van der Waals surface area contributed by atoms with Gasteiger partial charge in [0.05, 0.1) is 23.7 Å². The van der Waals surface area contributed by atoms with Crippen molar-refractivity contribution in [2.24, 2.45) is 41.4 Å². The van der Waals surface area contributed by atoms with E-state index in [0.29, 0.717) is 19.4 Å². The minimum Gasteiger partial charge on any atom is -0.285 e. The van der Waals surface area contributed by atoms with Crippen LogP contribution in [0.5, 0.6) is 0 Å². The van der Waals surface area contributed by atoms with Gasteiger partial charge < -0.3 is 0 Å². The molecule has 2 saturated carbocycles. The summed E-state index contributed by atoms with van der Waals surface area (Å²) in [6, 6.07) is 0. The Morgan fingerprint density at radius 1 is 0.840 bits per heavy atom. The Morgan fingerprint density at radius 2 is 1.44 bits per heavy atom. The van der Waals surface area contributed by atoms with E-state index in [1.54, 1.807) is 7.05 Å². The summed E-state index contributed by atoms with van der Waals surface area (Å²) in [5.41, 5.74) is 0. The number of rotatable bonds is 2. The number of allylic oxidation sites excluding steroid dienone is 2. The van der Waals surface area contributed by atoms with Crippen molar-refractivity contribution in [2.45, 2.75) is 25.7 Å². The fourth-order valence-corrected chi connectivity index (χ4v) is 6.00. The summed E-state index contributed by atoms with van der Waals surface area (Å²) in [6.45, 7) is 0.415. The summed E-state index contributed by atoms with van der Waals surface area (Å²) in [7, 11) is 1.55. The molecule has 4 amide bonds. The molecule has 0 aromatic rings. The number of imide groups is 2. The normalized spacial score (nSPS) is 44.9. The molecule has 6 nitrogen and oxygen atoms in total. The number of hydrogen-bond donors (Lipinski definition) is 0. The number of carbonyl (C=O) groups is 4. The van der Waals surface area contributed by atoms with E-state index >= 15 is 0 Å². The van der Waals surface area contributed by atoms with Crippen LogP contribution in [0.1, 0.15) is 25.7 Å². The predicted octanol–water partition coefficient (Wildman–Crippen LogP) is 0.825. The lowest BCUT2D eigenvalue weighted by molar-refractivity contribution is -0.142. The van der Waals surface area contributed by atoms with E-state index in [9.17, 15) is 19.2 Å². The quantitative estimate of drug-likeness (QED) is 0.550. The molecular formula is C19H22N2O4. The van der Waals surface area contributed by atoms with Crippen molar-refractivity contribution in [1.82, 2.24) is 9.80 Å². The highest BCUT2D eigenvalue weighted by atomic mass is 16.2. The van der Waals surface area contributed by atoms with Crippen molar-refractivity contribution in [3.8, 4) is 0 Å². The van der Waals surface area contributed by atoms with Crippen LogP contribution in [-0.4, -0.2) is 47.0 Å². The topological polar surface area (TPSA) is 74.8 Å². The number of likely N-dealkylation sites (tertiary alicyclic amines) is 2. The van der Waals surface area contributed by atoms with E-state index in [1.165, 1.54) is 9.80 Å². The second-order valence-corrected chi connectivity index (χ2v) is 8.41. The second-order valence-electron chi connectivity index (χ2n) is 8.41. The van der Waals surface area contributed by atoms with Crippen LogP contribution in [0.25, 0.3) is 0 Å². The van der Waals surface area contributed by atoms with Gasteiger partial charge in [-0.25, -0.2) is 0 Å². The maximum absolute atomic E-state index is 12.8. The molecule has 0 N–H and O–H groups in total. The smallest absolute Gasteiger partial charge is 0.233 e. The summed E-state index contributed by atoms with van der Waals surface area (Å²) in [4.78, 5) is 52.7. The van der Waals surface area contributed by atoms with E-state index in [0.717, 1.165) is 12.8 Å². The molecule has 5 aliphatic rings. The zero-order chi connectivity index (χ0) is 17.5. The lowest BCUT2D eigenvalue weighted by Crippen LogP contribution is -2.39. The minimum absolute atomic E-state index is 0.0140. The Balaban J connectivity index is 1.31. The van der Waals surface area contributed by atoms with Crippen molar-refractivity contribution < 1.29 is 19.2 Å². The molecule has 5 rings (SSSR count). The van der Waals surface area contributed by atoms with Gasteiger partial charge in [-0.2, -0.15) is 0 Å². The maximum atomic E-state index is 12.8. The molecule has 2 bridgehead atoms. The van der Waals surface area contributed by atoms with E-state index in [4.69, 9.17) is 0 Å². The lowest BCUT2D eigenvalue weighted by atomic mass is 9.75. The summed E-state index contributed by atoms with van der Waals surface area (Å²) >= 11 is 0. The van der Waals surface area contributed by atoms with Crippen LogP contribution in [0.15, 0.2) is 12.2 Å². The molecule has 2 heterocycles. The summed E-state index contributed by atoms with van der Waals surface area (Å²) < 4.78 is 0. The molecule has 0 aromatic carbocycles. The molecule has 2 saturated heterocycles. The first-order valence-electron chi connectivity index (χ1n) is 9.32. The van der Waals surface area contributed by atoms with Gasteiger partial charge in [0.15, 0.2) is 0 Å². The summed E-state index contributed by atoms with van der Waals surface area (Å²) in [5.74, 6) is -0.373. The highest BCUT2D eigenvalue weighted by molar-refractivity contribution is 6.06. The third-order valence-corrected chi connectivity index (χ3v) is 7.26. The average Bonchev–Trinajstić information content (AvgIpc) is 3.33. The average molecular weight is 342 g/mol. The Morgan fingerprint density at radius 3 is 2.08 bits per heavy atom. The van der Waals surface area contributed by atoms with Crippen molar-refractivity contribution in [3.05, 3.63) is 12.2 Å². The van der Waals surface area contributed by atoms with Crippen LogP contribution in [0.4, 0.5) is 0 Å². The van der Waals surface area contributed by atoms with Gasteiger partial charge in [-0.1, -0.05) is 12.2 Å². The zero-order valence-corrected chi connectivity index (χ0v) is 14.3. The van der Waals surface area contributed by atoms with Crippen LogP contribution < -0.4 is 0 Å². The van der Waals surface area contributed by atoms with Gasteiger partial charge in [-0.15, -0.1) is 0 Å². The molecule has 2 aliphatic heterocycles. The van der Waals surface area contributed by atoms with Crippen molar-refractivity contribution in [3.63, 3.8) is 0 Å². The molecule has 25 heavy (non-hydrogen) atoms. The molecule has 7 atom stereocenters. The molecular weight excluding hydrogens is 320 g/mol. The number of hydrogen-bond acceptors (Lipinski definition) is 4. The summed E-state index contributed by atoms with van der Waals surface area (Å²) in [6.07, 6.45) is 7.23. The van der Waals surface area contributed by atoms with Crippen LogP contribution >= 0.6 is 0 Å². The lowest BCUT2D eigenvalue weighted by Gasteiger charge is -2.31. The number of fused-ring (bicyclic) bond motifs is 6. The van der Waals surface area contributed by atoms with E-state index in [1.807, 2.05) is 0 Å². The summed E-state index contributed by atoms with van der Waals surface area (Å²) in [5, 5.41) is 0. The zero-order valence-electron chi connectivity index (χ0n) is 14.3. The third-order valence-electron chi connectivity index (χ3n) is 7.26. The maximum Gasteiger partial charge on any atom is 0.233 e. The van der Waals surface area contributed by atoms with Crippen molar-refractivity contribution in [1.29, 1.82) is 0 Å². The van der Waals surface area contributed by atoms with Gasteiger partial charge >= 0.3 is 0 Å². The van der Waals surface area contributed by atoms with Crippen molar-refractivity contribution in [2.75, 3.05) is 13.6 Å². The first-order chi connectivity index (χ1) is 12.0. The molecule has 132 valence electrons. The molecule has 3 aliphatic carbocycles. The molecule has 0 aromatic heterocycles. The third kappa shape index (κ3) is 1.91. The predicted molar refractivity (Wildman–Crippen MR) is 86.5 cm³/mol. The van der Waals surface area contributed by atoms with Crippen molar-refractivity contribution >= 4 is 23.6 Å². The van der Waals surface area contributed by atoms with Gasteiger partial charge in [0.1, 0.15) is 0 Å².